The van der Waals surface area contributed by atoms with Crippen molar-refractivity contribution in [2.24, 2.45) is 16.9 Å². The standard InChI is InChI=1S/C15H20F2N2O/c16-11-4-3-10(7-12(11)17)13(18)8-15(9-14(19)20)5-1-2-6-15/h3-4,7,13H,1-2,5-6,8-9,18H2,(H2,19,20). The molecule has 1 atom stereocenters. The molecule has 1 saturated carbocycles. The van der Waals surface area contributed by atoms with E-state index in [1.165, 1.54) is 6.07 Å². The number of halogens is 2. The monoisotopic (exact) mass is 282 g/mol. The van der Waals surface area contributed by atoms with Crippen LogP contribution in [0.5, 0.6) is 0 Å². The van der Waals surface area contributed by atoms with E-state index in [4.69, 9.17) is 11.5 Å². The van der Waals surface area contributed by atoms with E-state index in [1.54, 1.807) is 0 Å². The SMILES string of the molecule is NC(=O)CC1(CC(N)c2ccc(F)c(F)c2)CCCC1. The summed E-state index contributed by atoms with van der Waals surface area (Å²) >= 11 is 0. The van der Waals surface area contributed by atoms with Crippen LogP contribution in [-0.2, 0) is 4.79 Å². The van der Waals surface area contributed by atoms with Gasteiger partial charge in [0.15, 0.2) is 11.6 Å². The third-order valence-corrected chi connectivity index (χ3v) is 4.24. The summed E-state index contributed by atoms with van der Waals surface area (Å²) in [5.41, 5.74) is 11.8. The average molecular weight is 282 g/mol. The van der Waals surface area contributed by atoms with Gasteiger partial charge in [0.2, 0.25) is 5.91 Å². The highest BCUT2D eigenvalue weighted by Gasteiger charge is 2.37. The number of carbonyl (C=O) groups excluding carboxylic acids is 1. The van der Waals surface area contributed by atoms with E-state index in [2.05, 4.69) is 0 Å². The molecule has 0 spiro atoms. The van der Waals surface area contributed by atoms with Crippen LogP contribution >= 0.6 is 0 Å². The number of nitrogens with two attached hydrogens (primary N) is 2. The lowest BCUT2D eigenvalue weighted by molar-refractivity contribution is -0.120. The highest BCUT2D eigenvalue weighted by Crippen LogP contribution is 2.46. The third kappa shape index (κ3) is 3.33. The predicted molar refractivity (Wildman–Crippen MR) is 72.6 cm³/mol. The normalized spacial score (nSPS) is 18.9. The zero-order valence-corrected chi connectivity index (χ0v) is 11.4. The summed E-state index contributed by atoms with van der Waals surface area (Å²) in [4.78, 5) is 11.2. The van der Waals surface area contributed by atoms with Crippen molar-refractivity contribution < 1.29 is 13.6 Å². The first-order chi connectivity index (χ1) is 9.42. The van der Waals surface area contributed by atoms with Crippen LogP contribution in [0.1, 0.15) is 50.1 Å². The zero-order valence-electron chi connectivity index (χ0n) is 11.4. The molecule has 1 aliphatic rings. The first kappa shape index (κ1) is 14.9. The van der Waals surface area contributed by atoms with Gasteiger partial charge in [-0.3, -0.25) is 4.79 Å². The van der Waals surface area contributed by atoms with Gasteiger partial charge >= 0.3 is 0 Å². The molecule has 1 unspecified atom stereocenters. The maximum Gasteiger partial charge on any atom is 0.217 e. The molecule has 1 aliphatic carbocycles. The molecule has 1 aromatic rings. The van der Waals surface area contributed by atoms with Gasteiger partial charge in [0.25, 0.3) is 0 Å². The van der Waals surface area contributed by atoms with Crippen molar-refractivity contribution in [1.29, 1.82) is 0 Å². The van der Waals surface area contributed by atoms with Crippen LogP contribution in [0, 0.1) is 17.0 Å². The second kappa shape index (κ2) is 5.87. The van der Waals surface area contributed by atoms with Gasteiger partial charge in [-0.15, -0.1) is 0 Å². The number of amides is 1. The molecule has 1 aromatic carbocycles. The molecule has 4 N–H and O–H groups in total. The molecule has 0 radical (unpaired) electrons. The average Bonchev–Trinajstić information content (AvgIpc) is 2.79. The lowest BCUT2D eigenvalue weighted by Crippen LogP contribution is -2.29. The van der Waals surface area contributed by atoms with Gasteiger partial charge in [-0.05, 0) is 42.4 Å². The molecule has 110 valence electrons. The highest BCUT2D eigenvalue weighted by atomic mass is 19.2. The second-order valence-electron chi connectivity index (χ2n) is 5.83. The quantitative estimate of drug-likeness (QED) is 0.872. The van der Waals surface area contributed by atoms with E-state index in [0.717, 1.165) is 37.8 Å². The van der Waals surface area contributed by atoms with Crippen molar-refractivity contribution in [3.05, 3.63) is 35.4 Å². The summed E-state index contributed by atoms with van der Waals surface area (Å²) < 4.78 is 26.2. The summed E-state index contributed by atoms with van der Waals surface area (Å²) in [6.45, 7) is 0. The van der Waals surface area contributed by atoms with Crippen LogP contribution in [0.4, 0.5) is 8.78 Å². The van der Waals surface area contributed by atoms with Crippen molar-refractivity contribution >= 4 is 5.91 Å². The smallest absolute Gasteiger partial charge is 0.217 e. The minimum absolute atomic E-state index is 0.184. The number of hydrogen-bond acceptors (Lipinski definition) is 2. The van der Waals surface area contributed by atoms with Gasteiger partial charge in [-0.2, -0.15) is 0 Å². The van der Waals surface area contributed by atoms with E-state index in [0.29, 0.717) is 18.4 Å². The highest BCUT2D eigenvalue weighted by molar-refractivity contribution is 5.74. The Hall–Kier alpha value is -1.49. The first-order valence-corrected chi connectivity index (χ1v) is 6.91. The minimum Gasteiger partial charge on any atom is -0.370 e. The molecule has 0 aromatic heterocycles. The summed E-state index contributed by atoms with van der Waals surface area (Å²) in [7, 11) is 0. The van der Waals surface area contributed by atoms with Crippen LogP contribution in [0.2, 0.25) is 0 Å². The molecule has 0 heterocycles. The summed E-state index contributed by atoms with van der Waals surface area (Å²) in [5, 5.41) is 0. The lowest BCUT2D eigenvalue weighted by atomic mass is 9.76. The van der Waals surface area contributed by atoms with Crippen molar-refractivity contribution in [2.45, 2.75) is 44.6 Å². The van der Waals surface area contributed by atoms with Gasteiger partial charge < -0.3 is 11.5 Å². The Morgan fingerprint density at radius 2 is 1.90 bits per heavy atom. The van der Waals surface area contributed by atoms with Gasteiger partial charge in [0.05, 0.1) is 0 Å². The lowest BCUT2D eigenvalue weighted by Gasteiger charge is -2.30. The Kier molecular flexibility index (Phi) is 4.38. The van der Waals surface area contributed by atoms with Crippen LogP contribution in [0.3, 0.4) is 0 Å². The molecule has 0 saturated heterocycles. The van der Waals surface area contributed by atoms with Crippen LogP contribution in [-0.4, -0.2) is 5.91 Å². The Morgan fingerprint density at radius 3 is 2.45 bits per heavy atom. The molecular weight excluding hydrogens is 262 g/mol. The molecule has 3 nitrogen and oxygen atoms in total. The maximum absolute atomic E-state index is 13.3. The van der Waals surface area contributed by atoms with Crippen LogP contribution in [0.15, 0.2) is 18.2 Å². The first-order valence-electron chi connectivity index (χ1n) is 6.91. The summed E-state index contributed by atoms with van der Waals surface area (Å²) in [5.74, 6) is -2.11. The molecule has 20 heavy (non-hydrogen) atoms. The number of rotatable bonds is 5. The number of primary amides is 1. The number of carbonyl (C=O) groups is 1. The largest absolute Gasteiger partial charge is 0.370 e. The van der Waals surface area contributed by atoms with Gasteiger partial charge in [-0.25, -0.2) is 8.78 Å². The third-order valence-electron chi connectivity index (χ3n) is 4.24. The van der Waals surface area contributed by atoms with E-state index in [-0.39, 0.29) is 11.3 Å². The van der Waals surface area contributed by atoms with Crippen molar-refractivity contribution in [3.8, 4) is 0 Å². The molecule has 2 rings (SSSR count). The van der Waals surface area contributed by atoms with E-state index in [1.807, 2.05) is 0 Å². The Bertz CT molecular complexity index is 499. The number of hydrogen-bond donors (Lipinski definition) is 2. The fraction of sp³-hybridized carbons (Fsp3) is 0.533. The van der Waals surface area contributed by atoms with E-state index >= 15 is 0 Å². The van der Waals surface area contributed by atoms with Crippen LogP contribution in [0.25, 0.3) is 0 Å². The van der Waals surface area contributed by atoms with Crippen molar-refractivity contribution in [2.75, 3.05) is 0 Å². The predicted octanol–water partition coefficient (Wildman–Crippen LogP) is 2.79. The van der Waals surface area contributed by atoms with Crippen LogP contribution < -0.4 is 11.5 Å². The van der Waals surface area contributed by atoms with Gasteiger partial charge in [-0.1, -0.05) is 18.9 Å². The van der Waals surface area contributed by atoms with Gasteiger partial charge in [0.1, 0.15) is 0 Å². The van der Waals surface area contributed by atoms with E-state index in [9.17, 15) is 13.6 Å². The molecular formula is C15H20F2N2O. The Balaban J connectivity index is 2.13. The fourth-order valence-corrected chi connectivity index (χ4v) is 3.28. The molecule has 1 fully saturated rings. The van der Waals surface area contributed by atoms with E-state index < -0.39 is 17.7 Å². The Morgan fingerprint density at radius 1 is 1.25 bits per heavy atom. The van der Waals surface area contributed by atoms with Crippen molar-refractivity contribution in [3.63, 3.8) is 0 Å². The molecule has 1 amide bonds. The maximum atomic E-state index is 13.3. The second-order valence-corrected chi connectivity index (χ2v) is 5.83. The summed E-state index contributed by atoms with van der Waals surface area (Å²) in [6.07, 6.45) is 4.81. The topological polar surface area (TPSA) is 69.1 Å². The molecule has 5 heteroatoms. The summed E-state index contributed by atoms with van der Waals surface area (Å²) in [6, 6.07) is 3.30. The van der Waals surface area contributed by atoms with Gasteiger partial charge in [0, 0.05) is 12.5 Å². The fourth-order valence-electron chi connectivity index (χ4n) is 3.28. The molecule has 0 bridgehead atoms. The minimum atomic E-state index is -0.895. The van der Waals surface area contributed by atoms with Crippen molar-refractivity contribution in [1.82, 2.24) is 0 Å². The zero-order chi connectivity index (χ0) is 14.8. The molecule has 0 aliphatic heterocycles. The Labute approximate surface area is 117 Å². The number of benzene rings is 1.